The van der Waals surface area contributed by atoms with Crippen LogP contribution in [0.1, 0.15) is 28.8 Å². The topological polar surface area (TPSA) is 42.1 Å². The van der Waals surface area contributed by atoms with Crippen LogP contribution in [0.15, 0.2) is 54.7 Å². The molecule has 0 saturated carbocycles. The van der Waals surface area contributed by atoms with Crippen LogP contribution in [0.2, 0.25) is 0 Å². The van der Waals surface area contributed by atoms with Gasteiger partial charge in [-0.15, -0.1) is 0 Å². The molecule has 0 bridgehead atoms. The summed E-state index contributed by atoms with van der Waals surface area (Å²) in [6.07, 6.45) is 1.78. The minimum atomic E-state index is -0.170. The number of methoxy groups -OCH3 is 1. The number of ketones is 1. The number of benzene rings is 2. The average molecular weight is 279 g/mol. The molecule has 0 fully saturated rings. The third kappa shape index (κ3) is 2.42. The van der Waals surface area contributed by atoms with Crippen LogP contribution in [0, 0.1) is 0 Å². The zero-order valence-corrected chi connectivity index (χ0v) is 12.1. The Morgan fingerprint density at radius 2 is 1.90 bits per heavy atom. The van der Waals surface area contributed by atoms with Gasteiger partial charge in [0.05, 0.1) is 7.11 Å². The molecule has 1 aromatic heterocycles. The van der Waals surface area contributed by atoms with E-state index in [-0.39, 0.29) is 11.7 Å². The number of hydrogen-bond acceptors (Lipinski definition) is 2. The molecule has 3 rings (SSSR count). The summed E-state index contributed by atoms with van der Waals surface area (Å²) in [5.74, 6) is 0.695. The van der Waals surface area contributed by atoms with Gasteiger partial charge in [0.1, 0.15) is 5.75 Å². The van der Waals surface area contributed by atoms with Crippen molar-refractivity contribution in [3.63, 3.8) is 0 Å². The van der Waals surface area contributed by atoms with E-state index in [1.165, 1.54) is 0 Å². The van der Waals surface area contributed by atoms with Crippen molar-refractivity contribution in [2.45, 2.75) is 12.8 Å². The van der Waals surface area contributed by atoms with Gasteiger partial charge in [0.2, 0.25) is 0 Å². The summed E-state index contributed by atoms with van der Waals surface area (Å²) in [5.41, 5.74) is 2.68. The molecule has 1 unspecified atom stereocenters. The summed E-state index contributed by atoms with van der Waals surface area (Å²) in [6, 6.07) is 15.5. The molecule has 0 aliphatic rings. The van der Waals surface area contributed by atoms with Gasteiger partial charge in [-0.05, 0) is 23.8 Å². The lowest BCUT2D eigenvalue weighted by Crippen LogP contribution is -2.09. The lowest BCUT2D eigenvalue weighted by molar-refractivity contribution is 0.0968. The lowest BCUT2D eigenvalue weighted by atomic mass is 9.92. The van der Waals surface area contributed by atoms with Crippen LogP contribution in [0.5, 0.6) is 5.75 Å². The van der Waals surface area contributed by atoms with E-state index in [9.17, 15) is 4.79 Å². The van der Waals surface area contributed by atoms with Gasteiger partial charge >= 0.3 is 0 Å². The minimum Gasteiger partial charge on any atom is -0.497 e. The Bertz CT molecular complexity index is 774. The highest BCUT2D eigenvalue weighted by Gasteiger charge is 2.20. The van der Waals surface area contributed by atoms with E-state index >= 15 is 0 Å². The number of carbonyl (C=O) groups is 1. The number of H-pyrrole nitrogens is 1. The molecule has 0 aliphatic heterocycles. The van der Waals surface area contributed by atoms with E-state index in [2.05, 4.69) is 4.98 Å². The number of Topliss-reactive ketones (excluding diaryl/α,β-unsaturated/α-hetero) is 1. The van der Waals surface area contributed by atoms with Gasteiger partial charge in [-0.25, -0.2) is 0 Å². The molecule has 1 N–H and O–H groups in total. The van der Waals surface area contributed by atoms with Gasteiger partial charge in [0.25, 0.3) is 0 Å². The number of carbonyl (C=O) groups excluding carboxylic acids is 1. The Morgan fingerprint density at radius 3 is 2.62 bits per heavy atom. The highest BCUT2D eigenvalue weighted by atomic mass is 16.5. The SMILES string of the molecule is COc1ccc2[nH]cc(C(=O)C(C)c3ccccc3)c2c1. The van der Waals surface area contributed by atoms with Crippen molar-refractivity contribution in [2.24, 2.45) is 0 Å². The molecule has 106 valence electrons. The van der Waals surface area contributed by atoms with E-state index in [0.717, 1.165) is 22.2 Å². The number of aromatic nitrogens is 1. The smallest absolute Gasteiger partial charge is 0.172 e. The fourth-order valence-electron chi connectivity index (χ4n) is 2.56. The first kappa shape index (κ1) is 13.4. The van der Waals surface area contributed by atoms with Crippen LogP contribution in [-0.2, 0) is 0 Å². The van der Waals surface area contributed by atoms with Gasteiger partial charge in [-0.3, -0.25) is 4.79 Å². The second kappa shape index (κ2) is 5.44. The summed E-state index contributed by atoms with van der Waals surface area (Å²) in [6.45, 7) is 1.94. The molecule has 2 aromatic carbocycles. The molecule has 3 heteroatoms. The first-order chi connectivity index (χ1) is 10.2. The van der Waals surface area contributed by atoms with Gasteiger partial charge < -0.3 is 9.72 Å². The van der Waals surface area contributed by atoms with Crippen molar-refractivity contribution < 1.29 is 9.53 Å². The largest absolute Gasteiger partial charge is 0.497 e. The fraction of sp³-hybridized carbons (Fsp3) is 0.167. The van der Waals surface area contributed by atoms with Crippen molar-refractivity contribution in [2.75, 3.05) is 7.11 Å². The molecule has 0 radical (unpaired) electrons. The van der Waals surface area contributed by atoms with Crippen molar-refractivity contribution in [3.05, 3.63) is 65.9 Å². The van der Waals surface area contributed by atoms with Gasteiger partial charge in [-0.1, -0.05) is 37.3 Å². The zero-order valence-electron chi connectivity index (χ0n) is 12.1. The molecule has 21 heavy (non-hydrogen) atoms. The van der Waals surface area contributed by atoms with Crippen molar-refractivity contribution in [1.82, 2.24) is 4.98 Å². The average Bonchev–Trinajstić information content (AvgIpc) is 2.97. The predicted octanol–water partition coefficient (Wildman–Crippen LogP) is 4.16. The van der Waals surface area contributed by atoms with Crippen molar-refractivity contribution >= 4 is 16.7 Å². The first-order valence-corrected chi connectivity index (χ1v) is 6.95. The van der Waals surface area contributed by atoms with Crippen LogP contribution in [0.4, 0.5) is 0 Å². The number of ether oxygens (including phenoxy) is 1. The Labute approximate surface area is 123 Å². The Morgan fingerprint density at radius 1 is 1.14 bits per heavy atom. The lowest BCUT2D eigenvalue weighted by Gasteiger charge is -2.10. The predicted molar refractivity (Wildman–Crippen MR) is 84.0 cm³/mol. The fourth-order valence-corrected chi connectivity index (χ4v) is 2.56. The van der Waals surface area contributed by atoms with E-state index in [1.807, 2.05) is 55.5 Å². The maximum absolute atomic E-state index is 12.8. The molecule has 1 atom stereocenters. The molecular weight excluding hydrogens is 262 g/mol. The number of aromatic amines is 1. The Kier molecular flexibility index (Phi) is 3.48. The molecule has 3 aromatic rings. The summed E-state index contributed by atoms with van der Waals surface area (Å²) in [7, 11) is 1.63. The van der Waals surface area contributed by atoms with Crippen molar-refractivity contribution in [3.8, 4) is 5.75 Å². The summed E-state index contributed by atoms with van der Waals surface area (Å²) >= 11 is 0. The second-order valence-electron chi connectivity index (χ2n) is 5.11. The number of fused-ring (bicyclic) bond motifs is 1. The molecule has 1 heterocycles. The standard InChI is InChI=1S/C18H17NO2/c1-12(13-6-4-3-5-7-13)18(20)16-11-19-17-9-8-14(21-2)10-15(16)17/h3-12,19H,1-2H3. The summed E-state index contributed by atoms with van der Waals surface area (Å²) in [4.78, 5) is 15.9. The number of nitrogens with one attached hydrogen (secondary N) is 1. The maximum Gasteiger partial charge on any atom is 0.172 e. The number of hydrogen-bond donors (Lipinski definition) is 1. The molecule has 0 aliphatic carbocycles. The number of rotatable bonds is 4. The summed E-state index contributed by atoms with van der Waals surface area (Å²) in [5, 5.41) is 0.905. The van der Waals surface area contributed by atoms with E-state index in [4.69, 9.17) is 4.74 Å². The third-order valence-electron chi connectivity index (χ3n) is 3.85. The molecule has 3 nitrogen and oxygen atoms in total. The van der Waals surface area contributed by atoms with Gasteiger partial charge in [-0.2, -0.15) is 0 Å². The Balaban J connectivity index is 2.01. The maximum atomic E-state index is 12.8. The zero-order chi connectivity index (χ0) is 14.8. The molecule has 0 saturated heterocycles. The minimum absolute atomic E-state index is 0.112. The molecule has 0 spiro atoms. The first-order valence-electron chi connectivity index (χ1n) is 6.95. The van der Waals surface area contributed by atoms with E-state index < -0.39 is 0 Å². The van der Waals surface area contributed by atoms with Crippen molar-refractivity contribution in [1.29, 1.82) is 0 Å². The second-order valence-corrected chi connectivity index (χ2v) is 5.11. The Hall–Kier alpha value is -2.55. The van der Waals surface area contributed by atoms with Crippen LogP contribution in [-0.4, -0.2) is 17.9 Å². The van der Waals surface area contributed by atoms with Gasteiger partial charge in [0, 0.05) is 28.6 Å². The van der Waals surface area contributed by atoms with Gasteiger partial charge in [0.15, 0.2) is 5.78 Å². The molecule has 0 amide bonds. The van der Waals surface area contributed by atoms with E-state index in [1.54, 1.807) is 13.3 Å². The molecular formula is C18H17NO2. The quantitative estimate of drug-likeness (QED) is 0.728. The normalized spacial score (nSPS) is 12.3. The highest BCUT2D eigenvalue weighted by Crippen LogP contribution is 2.28. The summed E-state index contributed by atoms with van der Waals surface area (Å²) < 4.78 is 5.25. The van der Waals surface area contributed by atoms with Crippen LogP contribution in [0.3, 0.4) is 0 Å². The van der Waals surface area contributed by atoms with Crippen LogP contribution in [0.25, 0.3) is 10.9 Å². The van der Waals surface area contributed by atoms with Crippen LogP contribution < -0.4 is 4.74 Å². The monoisotopic (exact) mass is 279 g/mol. The highest BCUT2D eigenvalue weighted by molar-refractivity contribution is 6.10. The van der Waals surface area contributed by atoms with Crippen LogP contribution >= 0.6 is 0 Å². The third-order valence-corrected chi connectivity index (χ3v) is 3.85. The van der Waals surface area contributed by atoms with E-state index in [0.29, 0.717) is 5.56 Å².